The summed E-state index contributed by atoms with van der Waals surface area (Å²) >= 11 is 0. The van der Waals surface area contributed by atoms with Gasteiger partial charge in [0.1, 0.15) is 5.56 Å². The van der Waals surface area contributed by atoms with Crippen molar-refractivity contribution in [3.05, 3.63) is 62.3 Å². The van der Waals surface area contributed by atoms with Crippen LogP contribution in [0.4, 0.5) is 0 Å². The van der Waals surface area contributed by atoms with Crippen LogP contribution in [0.5, 0.6) is 5.88 Å². The molecule has 0 radical (unpaired) electrons. The zero-order valence-electron chi connectivity index (χ0n) is 17.0. The zero-order chi connectivity index (χ0) is 21.3. The van der Waals surface area contributed by atoms with Crippen molar-refractivity contribution in [2.75, 3.05) is 0 Å². The molecular weight excluding hydrogens is 384 g/mol. The lowest BCUT2D eigenvalue weighted by Crippen LogP contribution is -2.36. The third-order valence-electron chi connectivity index (χ3n) is 6.00. The lowest BCUT2D eigenvalue weighted by molar-refractivity contribution is -0.132. The summed E-state index contributed by atoms with van der Waals surface area (Å²) in [5.74, 6) is -0.526. The van der Waals surface area contributed by atoms with Crippen molar-refractivity contribution < 1.29 is 9.90 Å². The Balaban J connectivity index is 1.79. The number of H-pyrrole nitrogens is 1. The number of benzene rings is 1. The number of nitrogens with zero attached hydrogens (tertiary/aromatic N) is 3. The maximum Gasteiger partial charge on any atom is 0.331 e. The van der Waals surface area contributed by atoms with E-state index in [2.05, 4.69) is 10.1 Å². The van der Waals surface area contributed by atoms with Gasteiger partial charge in [0.25, 0.3) is 5.56 Å². The molecule has 1 atom stereocenters. The first-order valence-electron chi connectivity index (χ1n) is 10.5. The summed E-state index contributed by atoms with van der Waals surface area (Å²) in [5, 5.41) is 16.8. The number of carbonyl (C=O) groups is 1. The Bertz CT molecular complexity index is 1080. The molecule has 4 rings (SSSR count). The molecule has 30 heavy (non-hydrogen) atoms. The van der Waals surface area contributed by atoms with Gasteiger partial charge in [-0.05, 0) is 18.4 Å². The summed E-state index contributed by atoms with van der Waals surface area (Å²) in [6.45, 7) is 1.76. The van der Waals surface area contributed by atoms with Gasteiger partial charge >= 0.3 is 5.69 Å². The van der Waals surface area contributed by atoms with E-state index in [0.717, 1.165) is 37.7 Å². The van der Waals surface area contributed by atoms with Crippen LogP contribution in [0.2, 0.25) is 0 Å². The number of nitrogens with one attached hydrogen (secondary N) is 1. The highest BCUT2D eigenvalue weighted by Gasteiger charge is 2.35. The van der Waals surface area contributed by atoms with Crippen LogP contribution >= 0.6 is 0 Å². The van der Waals surface area contributed by atoms with Crippen LogP contribution in [-0.4, -0.2) is 31.3 Å². The molecule has 1 saturated carbocycles. The second-order valence-corrected chi connectivity index (χ2v) is 7.89. The quantitative estimate of drug-likeness (QED) is 0.808. The molecule has 2 aliphatic rings. The van der Waals surface area contributed by atoms with Gasteiger partial charge in [-0.25, -0.2) is 9.80 Å². The van der Waals surface area contributed by atoms with Crippen molar-refractivity contribution >= 4 is 11.6 Å². The van der Waals surface area contributed by atoms with Crippen LogP contribution < -0.4 is 11.2 Å². The summed E-state index contributed by atoms with van der Waals surface area (Å²) in [6.07, 6.45) is 5.15. The first-order chi connectivity index (χ1) is 14.5. The summed E-state index contributed by atoms with van der Waals surface area (Å²) < 4.78 is 1.29. The monoisotopic (exact) mass is 410 g/mol. The Morgan fingerprint density at radius 3 is 2.53 bits per heavy atom. The summed E-state index contributed by atoms with van der Waals surface area (Å²) in [6, 6.07) is 8.97. The predicted molar refractivity (Wildman–Crippen MR) is 113 cm³/mol. The zero-order valence-corrected chi connectivity index (χ0v) is 17.0. The Labute approximate surface area is 173 Å². The van der Waals surface area contributed by atoms with Gasteiger partial charge in [0, 0.05) is 18.9 Å². The summed E-state index contributed by atoms with van der Waals surface area (Å²) in [7, 11) is 0. The molecule has 0 unspecified atom stereocenters. The number of carbonyl (C=O) groups excluding carboxylic acids is 1. The molecule has 2 heterocycles. The highest BCUT2D eigenvalue weighted by molar-refractivity contribution is 6.04. The van der Waals surface area contributed by atoms with E-state index in [1.54, 1.807) is 6.92 Å². The second-order valence-electron chi connectivity index (χ2n) is 7.89. The van der Waals surface area contributed by atoms with Crippen LogP contribution in [0.3, 0.4) is 0 Å². The van der Waals surface area contributed by atoms with Crippen molar-refractivity contribution in [1.29, 1.82) is 0 Å². The van der Waals surface area contributed by atoms with Crippen LogP contribution in [0, 0.1) is 0 Å². The number of rotatable bonds is 4. The van der Waals surface area contributed by atoms with Crippen LogP contribution in [0.15, 0.2) is 45.0 Å². The Hall–Kier alpha value is -3.16. The Kier molecular flexibility index (Phi) is 5.57. The summed E-state index contributed by atoms with van der Waals surface area (Å²) in [4.78, 5) is 40.0. The number of hydrazone groups is 1. The largest absolute Gasteiger partial charge is 0.494 e. The molecule has 0 spiro atoms. The fourth-order valence-corrected chi connectivity index (χ4v) is 4.46. The molecule has 1 aromatic carbocycles. The second kappa shape index (κ2) is 8.30. The van der Waals surface area contributed by atoms with Gasteiger partial charge in [0.15, 0.2) is 0 Å². The highest BCUT2D eigenvalue weighted by Crippen LogP contribution is 2.35. The van der Waals surface area contributed by atoms with Crippen LogP contribution in [-0.2, 0) is 4.79 Å². The van der Waals surface area contributed by atoms with E-state index >= 15 is 0 Å². The minimum atomic E-state index is -0.680. The average molecular weight is 410 g/mol. The van der Waals surface area contributed by atoms with E-state index in [9.17, 15) is 19.5 Å². The minimum absolute atomic E-state index is 0.0208. The molecule has 2 N–H and O–H groups in total. The van der Waals surface area contributed by atoms with E-state index in [0.29, 0.717) is 5.71 Å². The van der Waals surface area contributed by atoms with Gasteiger partial charge in [-0.15, -0.1) is 0 Å². The number of aromatic amines is 1. The smallest absolute Gasteiger partial charge is 0.331 e. The van der Waals surface area contributed by atoms with Gasteiger partial charge in [-0.1, -0.05) is 56.5 Å². The van der Waals surface area contributed by atoms with Gasteiger partial charge in [0.05, 0.1) is 11.8 Å². The highest BCUT2D eigenvalue weighted by atomic mass is 16.3. The first kappa shape index (κ1) is 20.1. The topological polar surface area (TPSA) is 108 Å². The van der Waals surface area contributed by atoms with Crippen LogP contribution in [0.1, 0.15) is 75.1 Å². The maximum atomic E-state index is 12.7. The molecule has 1 aliphatic carbocycles. The molecule has 1 fully saturated rings. The van der Waals surface area contributed by atoms with E-state index in [4.69, 9.17) is 0 Å². The first-order valence-corrected chi connectivity index (χ1v) is 10.5. The number of aromatic hydroxyl groups is 1. The Morgan fingerprint density at radius 1 is 1.17 bits per heavy atom. The molecule has 1 aliphatic heterocycles. The van der Waals surface area contributed by atoms with Crippen molar-refractivity contribution in [3.63, 3.8) is 0 Å². The molecule has 158 valence electrons. The van der Waals surface area contributed by atoms with Crippen molar-refractivity contribution in [2.45, 2.75) is 64.0 Å². The molecule has 8 heteroatoms. The fourth-order valence-electron chi connectivity index (χ4n) is 4.46. The normalized spacial score (nSPS) is 19.7. The van der Waals surface area contributed by atoms with Gasteiger partial charge in [-0.2, -0.15) is 5.10 Å². The van der Waals surface area contributed by atoms with Gasteiger partial charge in [0.2, 0.25) is 11.8 Å². The number of hydrogen-bond donors (Lipinski definition) is 2. The number of aromatic nitrogens is 2. The molecule has 1 aromatic heterocycles. The van der Waals surface area contributed by atoms with Crippen LogP contribution in [0.25, 0.3) is 0 Å². The standard InChI is InChI=1S/C22H26N4O4/c1-2-18(27)26-17(14-9-5-3-6-10-14)13-16(24-26)19-20(28)23-22(30)25(21(19)29)15-11-7-4-8-12-15/h3,5-6,9-10,15,17,29H,2,4,7-8,11-13H2,1H3,(H,23,28,30)/t17-/m1/s1. The molecule has 0 saturated heterocycles. The third-order valence-corrected chi connectivity index (χ3v) is 6.00. The molecule has 1 amide bonds. The fraction of sp³-hybridized carbons (Fsp3) is 0.455. The Morgan fingerprint density at radius 2 is 1.87 bits per heavy atom. The van der Waals surface area contributed by atoms with E-state index in [1.807, 2.05) is 30.3 Å². The summed E-state index contributed by atoms with van der Waals surface area (Å²) in [5.41, 5.74) is -0.0928. The minimum Gasteiger partial charge on any atom is -0.494 e. The van der Waals surface area contributed by atoms with Crippen molar-refractivity contribution in [2.24, 2.45) is 5.10 Å². The molecule has 0 bridgehead atoms. The third kappa shape index (κ3) is 3.58. The van der Waals surface area contributed by atoms with Crippen molar-refractivity contribution in [3.8, 4) is 5.88 Å². The van der Waals surface area contributed by atoms with Gasteiger partial charge < -0.3 is 5.11 Å². The lowest BCUT2D eigenvalue weighted by Gasteiger charge is -2.25. The van der Waals surface area contributed by atoms with Crippen molar-refractivity contribution in [1.82, 2.24) is 14.6 Å². The SMILES string of the molecule is CCC(=O)N1N=C(c2c(O)n(C3CCCCC3)c(=O)[nH]c2=O)C[C@@H]1c1ccccc1. The van der Waals surface area contributed by atoms with Gasteiger partial charge in [-0.3, -0.25) is 19.1 Å². The number of amides is 1. The molecule has 8 nitrogen and oxygen atoms in total. The lowest BCUT2D eigenvalue weighted by atomic mass is 9.95. The van der Waals surface area contributed by atoms with E-state index in [-0.39, 0.29) is 42.3 Å². The molecular formula is C22H26N4O4. The number of hydrogen-bond acceptors (Lipinski definition) is 5. The van der Waals surface area contributed by atoms with E-state index in [1.165, 1.54) is 9.58 Å². The van der Waals surface area contributed by atoms with E-state index < -0.39 is 11.2 Å². The molecule has 2 aromatic rings. The predicted octanol–water partition coefficient (Wildman–Crippen LogP) is 2.84. The maximum absolute atomic E-state index is 12.7. The average Bonchev–Trinajstić information content (AvgIpc) is 3.19.